The van der Waals surface area contributed by atoms with Crippen molar-refractivity contribution < 1.29 is 0 Å². The van der Waals surface area contributed by atoms with E-state index in [1.54, 1.807) is 5.57 Å². The van der Waals surface area contributed by atoms with Crippen LogP contribution in [0.5, 0.6) is 0 Å². The molecule has 0 spiro atoms. The van der Waals surface area contributed by atoms with Gasteiger partial charge in [-0.05, 0) is 51.0 Å². The molecule has 0 amide bonds. The van der Waals surface area contributed by atoms with Gasteiger partial charge in [-0.25, -0.2) is 0 Å². The second kappa shape index (κ2) is 7.69. The van der Waals surface area contributed by atoms with Gasteiger partial charge in [0.15, 0.2) is 0 Å². The van der Waals surface area contributed by atoms with Crippen LogP contribution in [0.4, 0.5) is 0 Å². The minimum Gasteiger partial charge on any atom is -0.0771 e. The van der Waals surface area contributed by atoms with Gasteiger partial charge in [0.2, 0.25) is 0 Å². The molecule has 0 radical (unpaired) electrons. The number of hydrogen-bond donors (Lipinski definition) is 0. The third kappa shape index (κ3) is 4.35. The lowest BCUT2D eigenvalue weighted by Gasteiger charge is -2.14. The zero-order valence-corrected chi connectivity index (χ0v) is 14.2. The van der Waals surface area contributed by atoms with Gasteiger partial charge >= 0.3 is 0 Å². The molecule has 2 heteroatoms. The summed E-state index contributed by atoms with van der Waals surface area (Å²) in [5.74, 6) is 0. The number of alkyl halides is 1. The molecule has 0 heterocycles. The summed E-state index contributed by atoms with van der Waals surface area (Å²) in [5, 5.41) is 0. The highest BCUT2D eigenvalue weighted by molar-refractivity contribution is 14.1. The molecule has 0 nitrogen and oxygen atoms in total. The summed E-state index contributed by atoms with van der Waals surface area (Å²) < 4.78 is 2.14. The van der Waals surface area contributed by atoms with Crippen molar-refractivity contribution in [3.63, 3.8) is 0 Å². The molecule has 1 rings (SSSR count). The zero-order valence-electron chi connectivity index (χ0n) is 9.84. The quantitative estimate of drug-likeness (QED) is 0.386. The molecule has 0 saturated heterocycles. The van der Waals surface area contributed by atoms with Gasteiger partial charge in [0.1, 0.15) is 0 Å². The fourth-order valence-corrected chi connectivity index (χ4v) is 3.24. The maximum absolute atomic E-state index is 2.56. The van der Waals surface area contributed by atoms with Crippen LogP contribution in [0.15, 0.2) is 39.5 Å². The normalized spacial score (nSPS) is 14.5. The lowest BCUT2D eigenvalue weighted by atomic mass is 10.0. The molecule has 0 N–H and O–H groups in total. The second-order valence-corrected chi connectivity index (χ2v) is 6.60. The summed E-state index contributed by atoms with van der Waals surface area (Å²) in [6.07, 6.45) is 3.54. The van der Waals surface area contributed by atoms with Crippen LogP contribution in [0.3, 0.4) is 0 Å². The summed E-state index contributed by atoms with van der Waals surface area (Å²) in [4.78, 5) is 0. The molecule has 88 valence electrons. The topological polar surface area (TPSA) is 0 Å². The van der Waals surface area contributed by atoms with Crippen molar-refractivity contribution in [2.45, 2.75) is 37.0 Å². The van der Waals surface area contributed by atoms with Crippen molar-refractivity contribution >= 4 is 45.2 Å². The first-order valence-electron chi connectivity index (χ1n) is 5.74. The smallest absolute Gasteiger partial charge is 0.0397 e. The van der Waals surface area contributed by atoms with Crippen LogP contribution >= 0.6 is 45.2 Å². The van der Waals surface area contributed by atoms with Crippen LogP contribution in [-0.4, -0.2) is 0 Å². The van der Waals surface area contributed by atoms with Crippen LogP contribution in [0.2, 0.25) is 0 Å². The Hall–Kier alpha value is 0.420. The van der Waals surface area contributed by atoms with E-state index in [4.69, 9.17) is 0 Å². The summed E-state index contributed by atoms with van der Waals surface area (Å²) >= 11 is 5.05. The van der Waals surface area contributed by atoms with E-state index in [1.165, 1.54) is 28.4 Å². The van der Waals surface area contributed by atoms with Crippen molar-refractivity contribution in [2.75, 3.05) is 0 Å². The number of rotatable bonds is 5. The molecule has 0 aliphatic carbocycles. The van der Waals surface area contributed by atoms with E-state index < -0.39 is 0 Å². The van der Waals surface area contributed by atoms with Gasteiger partial charge in [-0.2, -0.15) is 0 Å². The van der Waals surface area contributed by atoms with Crippen molar-refractivity contribution in [1.82, 2.24) is 0 Å². The van der Waals surface area contributed by atoms with Crippen molar-refractivity contribution in [2.24, 2.45) is 0 Å². The Bertz CT molecular complexity index is 341. The van der Waals surface area contributed by atoms with Gasteiger partial charge in [-0.1, -0.05) is 72.3 Å². The number of benzene rings is 1. The Morgan fingerprint density at radius 2 is 1.75 bits per heavy atom. The van der Waals surface area contributed by atoms with Crippen LogP contribution in [-0.2, 0) is 0 Å². The summed E-state index contributed by atoms with van der Waals surface area (Å²) in [5.41, 5.74) is 3.06. The average Bonchev–Trinajstić information content (AvgIpc) is 2.35. The predicted octanol–water partition coefficient (Wildman–Crippen LogP) is 6.06. The fourth-order valence-electron chi connectivity index (χ4n) is 1.69. The van der Waals surface area contributed by atoms with E-state index in [-0.39, 0.29) is 0 Å². The highest BCUT2D eigenvalue weighted by atomic mass is 127. The molecule has 16 heavy (non-hydrogen) atoms. The molecule has 1 aromatic carbocycles. The van der Waals surface area contributed by atoms with Gasteiger partial charge in [0, 0.05) is 3.92 Å². The largest absolute Gasteiger partial charge is 0.0771 e. The molecule has 0 saturated carbocycles. The maximum Gasteiger partial charge on any atom is 0.0397 e. The summed E-state index contributed by atoms with van der Waals surface area (Å²) in [6, 6.07) is 10.8. The van der Waals surface area contributed by atoms with Crippen LogP contribution in [0, 0.1) is 0 Å². The lowest BCUT2D eigenvalue weighted by Crippen LogP contribution is -1.94. The van der Waals surface area contributed by atoms with Crippen LogP contribution < -0.4 is 0 Å². The van der Waals surface area contributed by atoms with E-state index in [0.717, 1.165) is 0 Å². The van der Waals surface area contributed by atoms with Gasteiger partial charge in [0.05, 0.1) is 0 Å². The maximum atomic E-state index is 2.56. The molecule has 0 aliphatic rings. The second-order valence-electron chi connectivity index (χ2n) is 3.80. The first-order chi connectivity index (χ1) is 7.69. The average molecular weight is 440 g/mol. The van der Waals surface area contributed by atoms with E-state index in [9.17, 15) is 0 Å². The first kappa shape index (κ1) is 14.5. The van der Waals surface area contributed by atoms with Gasteiger partial charge in [-0.15, -0.1) is 0 Å². The lowest BCUT2D eigenvalue weighted by molar-refractivity contribution is 0.875. The van der Waals surface area contributed by atoms with Gasteiger partial charge < -0.3 is 0 Å². The Morgan fingerprint density at radius 1 is 1.12 bits per heavy atom. The molecule has 0 fully saturated rings. The highest BCUT2D eigenvalue weighted by Gasteiger charge is 2.10. The number of halogens is 2. The molecule has 1 aromatic rings. The Labute approximate surface area is 126 Å². The van der Waals surface area contributed by atoms with E-state index >= 15 is 0 Å². The van der Waals surface area contributed by atoms with Gasteiger partial charge in [0.25, 0.3) is 0 Å². The van der Waals surface area contributed by atoms with E-state index in [1.807, 2.05) is 0 Å². The Kier molecular flexibility index (Phi) is 6.96. The number of hydrogen-bond acceptors (Lipinski definition) is 0. The third-order valence-electron chi connectivity index (χ3n) is 2.71. The predicted molar refractivity (Wildman–Crippen MR) is 89.4 cm³/mol. The zero-order chi connectivity index (χ0) is 12.0. The fraction of sp³-hybridized carbons (Fsp3) is 0.429. The summed E-state index contributed by atoms with van der Waals surface area (Å²) in [6.45, 7) is 4.50. The molecule has 1 unspecified atom stereocenters. The molecule has 0 bridgehead atoms. The minimum atomic E-state index is 0.602. The standard InChI is InChI=1S/C14H18I2/c1-3-11(13(15)4-2)10-14(16)12-8-6-5-7-9-12/h5-9,14H,3-4,10H2,1-2H3/b13-11-. The molecule has 1 atom stereocenters. The molecule has 0 aliphatic heterocycles. The van der Waals surface area contributed by atoms with Crippen molar-refractivity contribution in [3.8, 4) is 0 Å². The van der Waals surface area contributed by atoms with Crippen LogP contribution in [0.25, 0.3) is 0 Å². The third-order valence-corrected chi connectivity index (χ3v) is 5.39. The Morgan fingerprint density at radius 3 is 2.25 bits per heavy atom. The first-order valence-corrected chi connectivity index (χ1v) is 8.06. The SMILES string of the molecule is CC/C(I)=C(\CC)CC(I)c1ccccc1. The molecular formula is C14H18I2. The van der Waals surface area contributed by atoms with E-state index in [0.29, 0.717) is 3.92 Å². The monoisotopic (exact) mass is 440 g/mol. The van der Waals surface area contributed by atoms with Gasteiger partial charge in [-0.3, -0.25) is 0 Å². The number of allylic oxidation sites excluding steroid dienone is 2. The highest BCUT2D eigenvalue weighted by Crippen LogP contribution is 2.34. The van der Waals surface area contributed by atoms with Crippen molar-refractivity contribution in [1.29, 1.82) is 0 Å². The Balaban J connectivity index is 2.74. The van der Waals surface area contributed by atoms with Crippen molar-refractivity contribution in [3.05, 3.63) is 45.0 Å². The van der Waals surface area contributed by atoms with Crippen LogP contribution in [0.1, 0.15) is 42.6 Å². The minimum absolute atomic E-state index is 0.602. The molecule has 0 aromatic heterocycles. The summed E-state index contributed by atoms with van der Waals surface area (Å²) in [7, 11) is 0. The molecular weight excluding hydrogens is 422 g/mol. The van der Waals surface area contributed by atoms with E-state index in [2.05, 4.69) is 89.4 Å².